The minimum atomic E-state index is -0.683. The van der Waals surface area contributed by atoms with Gasteiger partial charge in [-0.25, -0.2) is 4.39 Å². The summed E-state index contributed by atoms with van der Waals surface area (Å²) in [6.07, 6.45) is 1.26. The molecule has 0 aromatic heterocycles. The molecular formula is C33H41FN2O2. The van der Waals surface area contributed by atoms with E-state index < -0.39 is 6.04 Å². The van der Waals surface area contributed by atoms with E-state index in [1.54, 1.807) is 17.0 Å². The molecule has 0 unspecified atom stereocenters. The van der Waals surface area contributed by atoms with Crippen molar-refractivity contribution in [2.45, 2.75) is 71.9 Å². The minimum Gasteiger partial charge on any atom is -0.354 e. The first-order valence-corrected chi connectivity index (χ1v) is 13.5. The van der Waals surface area contributed by atoms with Gasteiger partial charge in [0.25, 0.3) is 0 Å². The maximum atomic E-state index is 13.8. The summed E-state index contributed by atoms with van der Waals surface area (Å²) in [5.41, 5.74) is 4.15. The summed E-state index contributed by atoms with van der Waals surface area (Å²) in [6, 6.07) is 23.6. The van der Waals surface area contributed by atoms with E-state index in [0.29, 0.717) is 19.4 Å². The van der Waals surface area contributed by atoms with Crippen LogP contribution in [0, 0.1) is 11.7 Å². The molecule has 38 heavy (non-hydrogen) atoms. The molecule has 1 N–H and O–H groups in total. The molecule has 0 heterocycles. The van der Waals surface area contributed by atoms with Gasteiger partial charge < -0.3 is 10.2 Å². The lowest BCUT2D eigenvalue weighted by Gasteiger charge is -2.32. The highest BCUT2D eigenvalue weighted by Gasteiger charge is 2.30. The summed E-state index contributed by atoms with van der Waals surface area (Å²) >= 11 is 0. The maximum absolute atomic E-state index is 13.8. The molecule has 1 atom stereocenters. The number of nitrogens with zero attached hydrogens (tertiary/aromatic N) is 1. The molecule has 3 aromatic carbocycles. The Morgan fingerprint density at radius 1 is 0.842 bits per heavy atom. The molecule has 0 bridgehead atoms. The molecular weight excluding hydrogens is 475 g/mol. The van der Waals surface area contributed by atoms with Crippen LogP contribution in [0.15, 0.2) is 78.9 Å². The molecule has 0 aliphatic rings. The molecule has 0 saturated carbocycles. The fraction of sp³-hybridized carbons (Fsp3) is 0.394. The zero-order valence-electron chi connectivity index (χ0n) is 23.3. The van der Waals surface area contributed by atoms with Gasteiger partial charge in [-0.1, -0.05) is 101 Å². The van der Waals surface area contributed by atoms with Crippen LogP contribution in [-0.4, -0.2) is 29.3 Å². The van der Waals surface area contributed by atoms with Crippen molar-refractivity contribution in [3.8, 4) is 0 Å². The van der Waals surface area contributed by atoms with Crippen molar-refractivity contribution in [3.05, 3.63) is 107 Å². The lowest BCUT2D eigenvalue weighted by atomic mass is 9.86. The lowest BCUT2D eigenvalue weighted by molar-refractivity contribution is -0.141. The van der Waals surface area contributed by atoms with Gasteiger partial charge in [0.05, 0.1) is 0 Å². The van der Waals surface area contributed by atoms with Crippen molar-refractivity contribution in [1.29, 1.82) is 0 Å². The molecule has 0 spiro atoms. The Kier molecular flexibility index (Phi) is 10.2. The molecule has 3 aromatic rings. The van der Waals surface area contributed by atoms with Crippen molar-refractivity contribution in [3.63, 3.8) is 0 Å². The van der Waals surface area contributed by atoms with Crippen molar-refractivity contribution < 1.29 is 14.0 Å². The lowest BCUT2D eigenvalue weighted by Crippen LogP contribution is -2.51. The highest BCUT2D eigenvalue weighted by atomic mass is 19.1. The molecule has 0 radical (unpaired) electrons. The number of amides is 2. The summed E-state index contributed by atoms with van der Waals surface area (Å²) in [6.45, 7) is 11.4. The smallest absolute Gasteiger partial charge is 0.243 e. The number of carbonyl (C=O) groups is 2. The zero-order chi connectivity index (χ0) is 27.7. The van der Waals surface area contributed by atoms with Crippen LogP contribution in [0.25, 0.3) is 0 Å². The van der Waals surface area contributed by atoms with Crippen LogP contribution in [-0.2, 0) is 34.4 Å². The van der Waals surface area contributed by atoms with Gasteiger partial charge in [0.1, 0.15) is 11.9 Å². The first-order valence-electron chi connectivity index (χ1n) is 13.5. The summed E-state index contributed by atoms with van der Waals surface area (Å²) in [5.74, 6) is -0.322. The fourth-order valence-electron chi connectivity index (χ4n) is 4.33. The molecule has 0 aliphatic carbocycles. The number of halogens is 1. The van der Waals surface area contributed by atoms with Gasteiger partial charge in [-0.3, -0.25) is 9.59 Å². The molecule has 2 amide bonds. The van der Waals surface area contributed by atoms with Gasteiger partial charge in [-0.15, -0.1) is 0 Å². The second kappa shape index (κ2) is 13.4. The first kappa shape index (κ1) is 29.1. The Hall–Kier alpha value is -3.47. The average Bonchev–Trinajstić information content (AvgIpc) is 2.89. The van der Waals surface area contributed by atoms with Crippen molar-refractivity contribution in [1.82, 2.24) is 10.2 Å². The Morgan fingerprint density at radius 3 is 2.03 bits per heavy atom. The van der Waals surface area contributed by atoms with E-state index in [0.717, 1.165) is 16.7 Å². The highest BCUT2D eigenvalue weighted by molar-refractivity contribution is 5.88. The van der Waals surface area contributed by atoms with Crippen LogP contribution >= 0.6 is 0 Å². The summed E-state index contributed by atoms with van der Waals surface area (Å²) in [5, 5.41) is 3.03. The first-order chi connectivity index (χ1) is 18.0. The second-order valence-electron chi connectivity index (χ2n) is 11.4. The third-order valence-corrected chi connectivity index (χ3v) is 6.67. The van der Waals surface area contributed by atoms with E-state index >= 15 is 0 Å². The predicted octanol–water partition coefficient (Wildman–Crippen LogP) is 6.47. The van der Waals surface area contributed by atoms with Crippen LogP contribution in [0.4, 0.5) is 4.39 Å². The topological polar surface area (TPSA) is 49.4 Å². The molecule has 4 nitrogen and oxygen atoms in total. The number of hydrogen-bond donors (Lipinski definition) is 1. The second-order valence-corrected chi connectivity index (χ2v) is 11.4. The van der Waals surface area contributed by atoms with E-state index in [4.69, 9.17) is 0 Å². The normalized spacial score (nSPS) is 12.3. The number of rotatable bonds is 11. The van der Waals surface area contributed by atoms with Crippen molar-refractivity contribution in [2.24, 2.45) is 5.92 Å². The number of hydrogen-bond acceptors (Lipinski definition) is 2. The number of aryl methyl sites for hydroxylation is 1. The molecule has 202 valence electrons. The number of benzene rings is 3. The number of carbonyl (C=O) groups excluding carboxylic acids is 2. The monoisotopic (exact) mass is 516 g/mol. The van der Waals surface area contributed by atoms with Crippen LogP contribution in [0.3, 0.4) is 0 Å². The molecule has 0 saturated heterocycles. The maximum Gasteiger partial charge on any atom is 0.243 e. The third-order valence-electron chi connectivity index (χ3n) is 6.67. The van der Waals surface area contributed by atoms with Crippen molar-refractivity contribution >= 4 is 11.8 Å². The van der Waals surface area contributed by atoms with Crippen LogP contribution < -0.4 is 5.32 Å². The summed E-state index contributed by atoms with van der Waals surface area (Å²) in [4.78, 5) is 28.9. The molecule has 3 rings (SSSR count). The van der Waals surface area contributed by atoms with Gasteiger partial charge in [-0.2, -0.15) is 0 Å². The van der Waals surface area contributed by atoms with Gasteiger partial charge in [-0.05, 0) is 52.1 Å². The average molecular weight is 517 g/mol. The SMILES string of the molecule is CC(C)CNC(=O)[C@@H](Cc1ccccc1)N(Cc1ccc(F)cc1)C(=O)CCc1ccc(C(C)(C)C)cc1. The van der Waals surface area contributed by atoms with Gasteiger partial charge >= 0.3 is 0 Å². The molecule has 0 fully saturated rings. The summed E-state index contributed by atoms with van der Waals surface area (Å²) < 4.78 is 13.6. The Bertz CT molecular complexity index is 1170. The Labute approximate surface area is 227 Å². The Morgan fingerprint density at radius 2 is 1.45 bits per heavy atom. The van der Waals surface area contributed by atoms with Crippen LogP contribution in [0.2, 0.25) is 0 Å². The van der Waals surface area contributed by atoms with Crippen molar-refractivity contribution in [2.75, 3.05) is 6.54 Å². The van der Waals surface area contributed by atoms with Crippen LogP contribution in [0.5, 0.6) is 0 Å². The summed E-state index contributed by atoms with van der Waals surface area (Å²) in [7, 11) is 0. The van der Waals surface area contributed by atoms with Gasteiger partial charge in [0, 0.05) is 25.9 Å². The van der Waals surface area contributed by atoms with E-state index in [1.165, 1.54) is 17.7 Å². The molecule has 5 heteroatoms. The van der Waals surface area contributed by atoms with Gasteiger partial charge in [0.15, 0.2) is 0 Å². The fourth-order valence-corrected chi connectivity index (χ4v) is 4.33. The minimum absolute atomic E-state index is 0.0638. The van der Waals surface area contributed by atoms with E-state index in [2.05, 4.69) is 50.4 Å². The van der Waals surface area contributed by atoms with Crippen LogP contribution in [0.1, 0.15) is 63.3 Å². The number of nitrogens with one attached hydrogen (secondary N) is 1. The quantitative estimate of drug-likeness (QED) is 0.318. The third kappa shape index (κ3) is 8.83. The van der Waals surface area contributed by atoms with E-state index in [9.17, 15) is 14.0 Å². The Balaban J connectivity index is 1.87. The zero-order valence-corrected chi connectivity index (χ0v) is 23.3. The van der Waals surface area contributed by atoms with E-state index in [1.807, 2.05) is 44.2 Å². The predicted molar refractivity (Wildman–Crippen MR) is 152 cm³/mol. The molecule has 0 aliphatic heterocycles. The van der Waals surface area contributed by atoms with Gasteiger partial charge in [0.2, 0.25) is 11.8 Å². The highest BCUT2D eigenvalue weighted by Crippen LogP contribution is 2.23. The largest absolute Gasteiger partial charge is 0.354 e. The standard InChI is InChI=1S/C33H41FN2O2/c1-24(2)22-35-32(38)30(21-26-9-7-6-8-10-26)36(23-27-13-18-29(34)19-14-27)31(37)20-15-25-11-16-28(17-12-25)33(3,4)5/h6-14,16-19,24,30H,15,20-23H2,1-5H3,(H,35,38)/t30-/m1/s1. The van der Waals surface area contributed by atoms with E-state index in [-0.39, 0.29) is 41.9 Å².